The van der Waals surface area contributed by atoms with Gasteiger partial charge in [-0.05, 0) is 30.0 Å². The van der Waals surface area contributed by atoms with Crippen molar-refractivity contribution in [2.75, 3.05) is 6.61 Å². The zero-order valence-corrected chi connectivity index (χ0v) is 17.7. The summed E-state index contributed by atoms with van der Waals surface area (Å²) in [5.41, 5.74) is 5.73. The summed E-state index contributed by atoms with van der Waals surface area (Å²) in [6.07, 6.45) is 1.96. The smallest absolute Gasteiger partial charge is 0.417 e. The molecule has 2 aromatic carbocycles. The molecule has 0 aromatic heterocycles. The van der Waals surface area contributed by atoms with Crippen LogP contribution in [0.3, 0.4) is 0 Å². The van der Waals surface area contributed by atoms with Crippen molar-refractivity contribution in [2.24, 2.45) is 5.92 Å². The van der Waals surface area contributed by atoms with Gasteiger partial charge >= 0.3 is 6.09 Å². The van der Waals surface area contributed by atoms with E-state index >= 15 is 0 Å². The maximum atomic E-state index is 13.6. The molecule has 0 aliphatic carbocycles. The van der Waals surface area contributed by atoms with Crippen molar-refractivity contribution in [1.82, 2.24) is 4.90 Å². The minimum Gasteiger partial charge on any atom is -0.447 e. The molecule has 30 heavy (non-hydrogen) atoms. The molecule has 1 fully saturated rings. The van der Waals surface area contributed by atoms with Gasteiger partial charge in [0.05, 0.1) is 12.0 Å². The van der Waals surface area contributed by atoms with Crippen LogP contribution >= 0.6 is 0 Å². The van der Waals surface area contributed by atoms with E-state index in [1.54, 1.807) is 0 Å². The van der Waals surface area contributed by atoms with Crippen LogP contribution in [0.1, 0.15) is 50.2 Å². The van der Waals surface area contributed by atoms with Gasteiger partial charge < -0.3 is 4.74 Å². The maximum Gasteiger partial charge on any atom is 0.417 e. The van der Waals surface area contributed by atoms with Gasteiger partial charge in [-0.3, -0.25) is 4.79 Å². The second kappa shape index (κ2) is 10.1. The van der Waals surface area contributed by atoms with Crippen LogP contribution in [0.4, 0.5) is 4.79 Å². The standard InChI is InChI=1S/C26H29NO3/c1-4-6-17-22(19(3)5-2)25(28)27-23(18-30-26(27)29)24(20-13-9-7-10-14-20)21-15-11-8-12-16-21/h7-16,22-24H,2,4,6,17-18H2,1,3H3/t22-,23-/m0/s1. The van der Waals surface area contributed by atoms with E-state index in [9.17, 15) is 9.59 Å². The number of carbonyl (C=O) groups excluding carboxylic acids is 2. The molecule has 0 unspecified atom stereocenters. The summed E-state index contributed by atoms with van der Waals surface area (Å²) in [5, 5.41) is 0. The third kappa shape index (κ3) is 4.55. The third-order valence-corrected chi connectivity index (χ3v) is 5.79. The van der Waals surface area contributed by atoms with E-state index in [4.69, 9.17) is 4.74 Å². The molecule has 0 bridgehead atoms. The Morgan fingerprint density at radius 1 is 1.13 bits per heavy atom. The molecule has 1 saturated heterocycles. The largest absolute Gasteiger partial charge is 0.447 e. The van der Waals surface area contributed by atoms with Gasteiger partial charge in [0, 0.05) is 5.92 Å². The molecule has 0 spiro atoms. The van der Waals surface area contributed by atoms with Crippen LogP contribution in [0.15, 0.2) is 78.5 Å². The lowest BCUT2D eigenvalue weighted by atomic mass is 9.84. The Morgan fingerprint density at radius 2 is 1.70 bits per heavy atom. The van der Waals surface area contributed by atoms with Crippen molar-refractivity contribution < 1.29 is 14.3 Å². The van der Waals surface area contributed by atoms with E-state index < -0.39 is 18.1 Å². The second-order valence-electron chi connectivity index (χ2n) is 7.71. The molecule has 1 heterocycles. The molecule has 0 radical (unpaired) electrons. The number of imide groups is 1. The Morgan fingerprint density at radius 3 is 2.20 bits per heavy atom. The van der Waals surface area contributed by atoms with Crippen LogP contribution in [-0.2, 0) is 9.53 Å². The Labute approximate surface area is 178 Å². The highest BCUT2D eigenvalue weighted by molar-refractivity contribution is 5.96. The first kappa shape index (κ1) is 21.6. The van der Waals surface area contributed by atoms with Gasteiger partial charge in [0.15, 0.2) is 0 Å². The minimum atomic E-state index is -0.569. The molecular weight excluding hydrogens is 374 g/mol. The fourth-order valence-corrected chi connectivity index (χ4v) is 4.12. The third-order valence-electron chi connectivity index (χ3n) is 5.79. The van der Waals surface area contributed by atoms with Crippen molar-refractivity contribution in [3.05, 3.63) is 89.7 Å². The molecule has 1 aliphatic heterocycles. The van der Waals surface area contributed by atoms with Gasteiger partial charge in [-0.15, -0.1) is 5.73 Å². The number of ether oxygens (including phenoxy) is 1. The van der Waals surface area contributed by atoms with Gasteiger partial charge in [-0.2, -0.15) is 0 Å². The fraction of sp³-hybridized carbons (Fsp3) is 0.346. The lowest BCUT2D eigenvalue weighted by Crippen LogP contribution is -2.45. The fourth-order valence-electron chi connectivity index (χ4n) is 4.12. The van der Waals surface area contributed by atoms with Crippen LogP contribution in [0.5, 0.6) is 0 Å². The maximum absolute atomic E-state index is 13.6. The number of nitrogens with zero attached hydrogens (tertiary/aromatic N) is 1. The number of cyclic esters (lactones) is 1. The van der Waals surface area contributed by atoms with E-state index in [0.29, 0.717) is 6.42 Å². The first-order valence-electron chi connectivity index (χ1n) is 10.5. The molecule has 1 aliphatic rings. The van der Waals surface area contributed by atoms with Gasteiger partial charge in [0.1, 0.15) is 6.61 Å². The summed E-state index contributed by atoms with van der Waals surface area (Å²) < 4.78 is 5.41. The number of amides is 2. The van der Waals surface area contributed by atoms with Gasteiger partial charge in [-0.1, -0.05) is 87.0 Å². The van der Waals surface area contributed by atoms with E-state index in [1.165, 1.54) is 4.90 Å². The zero-order chi connectivity index (χ0) is 21.5. The molecule has 0 saturated carbocycles. The number of hydrogen-bond donors (Lipinski definition) is 0. The van der Waals surface area contributed by atoms with E-state index in [2.05, 4.69) is 19.2 Å². The molecule has 0 N–H and O–H groups in total. The number of rotatable bonds is 8. The van der Waals surface area contributed by atoms with Crippen molar-refractivity contribution in [3.63, 3.8) is 0 Å². The molecule has 156 valence electrons. The quantitative estimate of drug-likeness (QED) is 0.531. The van der Waals surface area contributed by atoms with Gasteiger partial charge in [-0.25, -0.2) is 9.69 Å². The molecule has 4 nitrogen and oxygen atoms in total. The predicted molar refractivity (Wildman–Crippen MR) is 118 cm³/mol. The average molecular weight is 404 g/mol. The number of carbonyl (C=O) groups is 2. The Hall–Kier alpha value is -3.10. The Balaban J connectivity index is 2.02. The lowest BCUT2D eigenvalue weighted by Gasteiger charge is -2.31. The summed E-state index contributed by atoms with van der Waals surface area (Å²) in [7, 11) is 0. The Kier molecular flexibility index (Phi) is 7.26. The molecule has 3 rings (SSSR count). The number of unbranched alkanes of at least 4 members (excludes halogenated alkanes) is 1. The van der Waals surface area contributed by atoms with Crippen LogP contribution in [-0.4, -0.2) is 29.5 Å². The van der Waals surface area contributed by atoms with Crippen molar-refractivity contribution >= 4 is 12.0 Å². The summed E-state index contributed by atoms with van der Waals surface area (Å²) in [5.74, 6) is -0.799. The normalized spacial score (nSPS) is 16.8. The van der Waals surface area contributed by atoms with Crippen LogP contribution in [0.25, 0.3) is 0 Å². The first-order chi connectivity index (χ1) is 14.6. The average Bonchev–Trinajstić information content (AvgIpc) is 3.16. The highest BCUT2D eigenvalue weighted by Gasteiger charge is 2.45. The second-order valence-corrected chi connectivity index (χ2v) is 7.71. The highest BCUT2D eigenvalue weighted by atomic mass is 16.6. The van der Waals surface area contributed by atoms with E-state index in [-0.39, 0.29) is 18.4 Å². The summed E-state index contributed by atoms with van der Waals surface area (Å²) in [6, 6.07) is 19.6. The monoisotopic (exact) mass is 403 g/mol. The van der Waals surface area contributed by atoms with Gasteiger partial charge in [0.2, 0.25) is 5.91 Å². The van der Waals surface area contributed by atoms with E-state index in [1.807, 2.05) is 67.6 Å². The first-order valence-corrected chi connectivity index (χ1v) is 10.5. The summed E-state index contributed by atoms with van der Waals surface area (Å²) in [4.78, 5) is 27.6. The topological polar surface area (TPSA) is 46.6 Å². The molecule has 4 heteroatoms. The van der Waals surface area contributed by atoms with Crippen molar-refractivity contribution in [2.45, 2.75) is 45.1 Å². The minimum absolute atomic E-state index is 0.164. The van der Waals surface area contributed by atoms with Crippen LogP contribution in [0.2, 0.25) is 0 Å². The summed E-state index contributed by atoms with van der Waals surface area (Å²) in [6.45, 7) is 7.84. The summed E-state index contributed by atoms with van der Waals surface area (Å²) >= 11 is 0. The highest BCUT2D eigenvalue weighted by Crippen LogP contribution is 2.36. The molecule has 2 amide bonds. The van der Waals surface area contributed by atoms with Crippen molar-refractivity contribution in [3.8, 4) is 0 Å². The van der Waals surface area contributed by atoms with E-state index in [0.717, 1.165) is 29.5 Å². The van der Waals surface area contributed by atoms with Gasteiger partial charge in [0.25, 0.3) is 0 Å². The molecular formula is C26H29NO3. The zero-order valence-electron chi connectivity index (χ0n) is 17.7. The lowest BCUT2D eigenvalue weighted by molar-refractivity contribution is -0.132. The van der Waals surface area contributed by atoms with Crippen LogP contribution < -0.4 is 0 Å². The number of benzene rings is 2. The van der Waals surface area contributed by atoms with Crippen LogP contribution in [0, 0.1) is 5.92 Å². The molecule has 2 atom stereocenters. The number of hydrogen-bond acceptors (Lipinski definition) is 3. The SMILES string of the molecule is C=C=C(C)[C@H](CCCC)C(=O)N1C(=O)OC[C@H]1C(c1ccccc1)c1ccccc1. The predicted octanol–water partition coefficient (Wildman–Crippen LogP) is 5.70. The Bertz CT molecular complexity index is 876. The van der Waals surface area contributed by atoms with Crippen molar-refractivity contribution in [1.29, 1.82) is 0 Å². The molecule has 2 aromatic rings.